The molecular formula is C19H15NO3. The van der Waals surface area contributed by atoms with Gasteiger partial charge in [0.15, 0.2) is 5.78 Å². The largest absolute Gasteiger partial charge is 0.452 e. The van der Waals surface area contributed by atoms with Crippen LogP contribution in [0.1, 0.15) is 15.9 Å². The fourth-order valence-corrected chi connectivity index (χ4v) is 2.42. The first-order valence-electron chi connectivity index (χ1n) is 7.16. The van der Waals surface area contributed by atoms with Crippen molar-refractivity contribution in [1.82, 2.24) is 0 Å². The Morgan fingerprint density at radius 1 is 0.913 bits per heavy atom. The van der Waals surface area contributed by atoms with Crippen LogP contribution in [0, 0.1) is 0 Å². The number of benzene rings is 2. The third kappa shape index (κ3) is 2.92. The molecule has 2 aromatic carbocycles. The van der Waals surface area contributed by atoms with E-state index in [9.17, 15) is 9.59 Å². The summed E-state index contributed by atoms with van der Waals surface area (Å²) in [4.78, 5) is 26.1. The molecule has 0 unspecified atom stereocenters. The molecule has 0 saturated heterocycles. The van der Waals surface area contributed by atoms with Gasteiger partial charge in [0.25, 0.3) is 0 Å². The standard InChI is InChI=1S/C19H15NO3/c1-23-19(22)20-13-16(18(21)15-8-3-2-4-9-15)12-11-14-7-5-6-10-17(14)20/h2-13H,1H3. The first-order chi connectivity index (χ1) is 11.2. The van der Waals surface area contributed by atoms with Crippen molar-refractivity contribution in [3.63, 3.8) is 0 Å². The maximum absolute atomic E-state index is 12.7. The SMILES string of the molecule is COC(=O)N1C=C(C(=O)c2ccccc2)C=Cc2ccccc21. The highest BCUT2D eigenvalue weighted by Gasteiger charge is 2.21. The number of amides is 1. The Labute approximate surface area is 134 Å². The van der Waals surface area contributed by atoms with Crippen LogP contribution in [-0.4, -0.2) is 19.0 Å². The number of Topliss-reactive ketones (excluding diaryl/α,β-unsaturated/α-hetero) is 1. The third-order valence-corrected chi connectivity index (χ3v) is 3.58. The fraction of sp³-hybridized carbons (Fsp3) is 0.0526. The summed E-state index contributed by atoms with van der Waals surface area (Å²) in [7, 11) is 1.32. The van der Waals surface area contributed by atoms with Crippen LogP contribution in [-0.2, 0) is 4.74 Å². The van der Waals surface area contributed by atoms with Crippen LogP contribution in [0.5, 0.6) is 0 Å². The molecule has 1 aliphatic rings. The maximum atomic E-state index is 12.7. The summed E-state index contributed by atoms with van der Waals surface area (Å²) >= 11 is 0. The predicted octanol–water partition coefficient (Wildman–Crippen LogP) is 4.05. The number of carbonyl (C=O) groups excluding carboxylic acids is 2. The zero-order valence-corrected chi connectivity index (χ0v) is 12.6. The number of fused-ring (bicyclic) bond motifs is 1. The molecule has 0 atom stereocenters. The van der Waals surface area contributed by atoms with Gasteiger partial charge in [-0.1, -0.05) is 54.6 Å². The number of hydrogen-bond acceptors (Lipinski definition) is 3. The van der Waals surface area contributed by atoms with Gasteiger partial charge in [-0.15, -0.1) is 0 Å². The molecule has 114 valence electrons. The van der Waals surface area contributed by atoms with E-state index in [0.717, 1.165) is 5.56 Å². The van der Waals surface area contributed by atoms with Crippen molar-refractivity contribution >= 4 is 23.6 Å². The summed E-state index contributed by atoms with van der Waals surface area (Å²) in [5, 5.41) is 0. The van der Waals surface area contributed by atoms with Crippen molar-refractivity contribution in [2.24, 2.45) is 0 Å². The van der Waals surface area contributed by atoms with Gasteiger partial charge in [-0.25, -0.2) is 4.79 Å². The second kappa shape index (κ2) is 6.32. The normalized spacial score (nSPS) is 12.9. The quantitative estimate of drug-likeness (QED) is 0.786. The van der Waals surface area contributed by atoms with Crippen molar-refractivity contribution < 1.29 is 14.3 Å². The second-order valence-corrected chi connectivity index (χ2v) is 5.01. The molecule has 0 N–H and O–H groups in total. The zero-order chi connectivity index (χ0) is 16.2. The second-order valence-electron chi connectivity index (χ2n) is 5.01. The Hall–Kier alpha value is -3.14. The van der Waals surface area contributed by atoms with Crippen LogP contribution in [0.2, 0.25) is 0 Å². The molecule has 0 radical (unpaired) electrons. The van der Waals surface area contributed by atoms with Gasteiger partial charge >= 0.3 is 6.09 Å². The lowest BCUT2D eigenvalue weighted by atomic mass is 10.0. The van der Waals surface area contributed by atoms with Crippen molar-refractivity contribution in [3.8, 4) is 0 Å². The van der Waals surface area contributed by atoms with Crippen molar-refractivity contribution in [1.29, 1.82) is 0 Å². The first-order valence-corrected chi connectivity index (χ1v) is 7.16. The summed E-state index contributed by atoms with van der Waals surface area (Å²) in [6.07, 6.45) is 4.52. The number of rotatable bonds is 2. The molecule has 4 nitrogen and oxygen atoms in total. The van der Waals surface area contributed by atoms with Crippen LogP contribution in [0.15, 0.2) is 72.4 Å². The van der Waals surface area contributed by atoms with E-state index >= 15 is 0 Å². The van der Waals surface area contributed by atoms with Gasteiger partial charge in [0.2, 0.25) is 0 Å². The molecule has 1 amide bonds. The van der Waals surface area contributed by atoms with E-state index < -0.39 is 6.09 Å². The molecule has 0 spiro atoms. The lowest BCUT2D eigenvalue weighted by molar-refractivity contribution is 0.103. The number of hydrogen-bond donors (Lipinski definition) is 0. The molecule has 0 aliphatic carbocycles. The zero-order valence-electron chi connectivity index (χ0n) is 12.6. The Morgan fingerprint density at radius 2 is 1.61 bits per heavy atom. The number of para-hydroxylation sites is 1. The van der Waals surface area contributed by atoms with Gasteiger partial charge < -0.3 is 4.74 Å². The number of ether oxygens (including phenoxy) is 1. The third-order valence-electron chi connectivity index (χ3n) is 3.58. The Kier molecular flexibility index (Phi) is 4.06. The minimum Gasteiger partial charge on any atom is -0.452 e. The number of nitrogens with zero attached hydrogens (tertiary/aromatic N) is 1. The van der Waals surface area contributed by atoms with Crippen LogP contribution in [0.4, 0.5) is 10.5 Å². The maximum Gasteiger partial charge on any atom is 0.418 e. The van der Waals surface area contributed by atoms with Gasteiger partial charge in [-0.2, -0.15) is 0 Å². The minimum atomic E-state index is -0.542. The number of carbonyl (C=O) groups is 2. The molecule has 3 rings (SSSR count). The molecule has 4 heteroatoms. The van der Waals surface area contributed by atoms with E-state index in [1.165, 1.54) is 18.2 Å². The molecule has 1 heterocycles. The summed E-state index contributed by atoms with van der Waals surface area (Å²) in [6.45, 7) is 0. The molecule has 2 aromatic rings. The van der Waals surface area contributed by atoms with E-state index in [1.807, 2.05) is 36.4 Å². The molecule has 0 bridgehead atoms. The highest BCUT2D eigenvalue weighted by Crippen LogP contribution is 2.28. The number of allylic oxidation sites excluding steroid dienone is 2. The highest BCUT2D eigenvalue weighted by molar-refractivity contribution is 6.12. The molecule has 0 aromatic heterocycles. The lowest BCUT2D eigenvalue weighted by Crippen LogP contribution is -2.26. The molecule has 23 heavy (non-hydrogen) atoms. The lowest BCUT2D eigenvalue weighted by Gasteiger charge is -2.18. The van der Waals surface area contributed by atoms with E-state index in [4.69, 9.17) is 4.74 Å². The molecule has 1 aliphatic heterocycles. The topological polar surface area (TPSA) is 46.6 Å². The number of ketones is 1. The number of methoxy groups -OCH3 is 1. The first kappa shape index (κ1) is 14.8. The van der Waals surface area contributed by atoms with E-state index in [0.29, 0.717) is 16.8 Å². The van der Waals surface area contributed by atoms with Gasteiger partial charge in [0.1, 0.15) is 0 Å². The average Bonchev–Trinajstić information content (AvgIpc) is 2.81. The Morgan fingerprint density at radius 3 is 2.35 bits per heavy atom. The molecule has 0 saturated carbocycles. The summed E-state index contributed by atoms with van der Waals surface area (Å²) in [6, 6.07) is 16.4. The van der Waals surface area contributed by atoms with Crippen LogP contribution < -0.4 is 4.90 Å². The predicted molar refractivity (Wildman–Crippen MR) is 89.2 cm³/mol. The average molecular weight is 305 g/mol. The van der Waals surface area contributed by atoms with Gasteiger partial charge in [-0.05, 0) is 17.7 Å². The van der Waals surface area contributed by atoms with Crippen LogP contribution in [0.25, 0.3) is 6.08 Å². The van der Waals surface area contributed by atoms with E-state index in [2.05, 4.69) is 0 Å². The summed E-state index contributed by atoms with van der Waals surface area (Å²) in [5.41, 5.74) is 2.49. The smallest absolute Gasteiger partial charge is 0.418 e. The molecule has 0 fully saturated rings. The summed E-state index contributed by atoms with van der Waals surface area (Å²) in [5.74, 6) is -0.149. The van der Waals surface area contributed by atoms with Crippen LogP contribution >= 0.6 is 0 Å². The van der Waals surface area contributed by atoms with Gasteiger partial charge in [0.05, 0.1) is 12.8 Å². The van der Waals surface area contributed by atoms with Gasteiger partial charge in [0, 0.05) is 17.3 Å². The Balaban J connectivity index is 2.07. The van der Waals surface area contributed by atoms with Crippen molar-refractivity contribution in [2.45, 2.75) is 0 Å². The van der Waals surface area contributed by atoms with Crippen molar-refractivity contribution in [3.05, 3.63) is 83.6 Å². The summed E-state index contributed by atoms with van der Waals surface area (Å²) < 4.78 is 4.84. The van der Waals surface area contributed by atoms with Gasteiger partial charge in [-0.3, -0.25) is 9.69 Å². The van der Waals surface area contributed by atoms with E-state index in [1.54, 1.807) is 30.3 Å². The minimum absolute atomic E-state index is 0.149. The number of anilines is 1. The highest BCUT2D eigenvalue weighted by atomic mass is 16.5. The monoisotopic (exact) mass is 305 g/mol. The molecular weight excluding hydrogens is 290 g/mol. The Bertz CT molecular complexity index is 806. The van der Waals surface area contributed by atoms with Crippen LogP contribution in [0.3, 0.4) is 0 Å². The van der Waals surface area contributed by atoms with E-state index in [-0.39, 0.29) is 5.78 Å². The fourth-order valence-electron chi connectivity index (χ4n) is 2.42. The van der Waals surface area contributed by atoms with Crippen molar-refractivity contribution in [2.75, 3.05) is 12.0 Å².